The fraction of sp³-hybridized carbons (Fsp3) is 0.125. The average molecular weight is 192 g/mol. The van der Waals surface area contributed by atoms with Gasteiger partial charge in [-0.2, -0.15) is 0 Å². The van der Waals surface area contributed by atoms with Crippen LogP contribution in [-0.2, 0) is 4.84 Å². The van der Waals surface area contributed by atoms with Crippen LogP contribution in [0, 0.1) is 0 Å². The molecule has 14 heavy (non-hydrogen) atoms. The number of benzene rings is 1. The van der Waals surface area contributed by atoms with Gasteiger partial charge in [0.15, 0.2) is 0 Å². The first-order valence-electron chi connectivity index (χ1n) is 4.17. The van der Waals surface area contributed by atoms with Crippen molar-refractivity contribution in [3.8, 4) is 0 Å². The second-order valence-corrected chi connectivity index (χ2v) is 3.04. The normalized spacial score (nSPS) is 15.4. The van der Waals surface area contributed by atoms with E-state index < -0.39 is 13.1 Å². The maximum absolute atomic E-state index is 11.2. The van der Waals surface area contributed by atoms with Crippen molar-refractivity contribution in [2.24, 2.45) is 0 Å². The zero-order valence-electron chi connectivity index (χ0n) is 7.60. The number of hydrogen-bond donors (Lipinski definition) is 2. The second-order valence-electron chi connectivity index (χ2n) is 3.04. The summed E-state index contributed by atoms with van der Waals surface area (Å²) in [5.41, 5.74) is 3.69. The van der Waals surface area contributed by atoms with Crippen LogP contribution in [0.4, 0.5) is 10.5 Å². The molecule has 0 bridgehead atoms. The van der Waals surface area contributed by atoms with Gasteiger partial charge in [0.2, 0.25) is 0 Å². The minimum Gasteiger partial charge on any atom is -0.428 e. The Bertz CT molecular complexity index is 371. The van der Waals surface area contributed by atoms with Gasteiger partial charge in [0.1, 0.15) is 0 Å². The lowest BCUT2D eigenvalue weighted by Crippen LogP contribution is -2.47. The molecule has 0 fully saturated rings. The number of hydrogen-bond acceptors (Lipinski definition) is 4. The first-order chi connectivity index (χ1) is 6.70. The van der Waals surface area contributed by atoms with Crippen molar-refractivity contribution in [2.75, 3.05) is 12.5 Å². The van der Waals surface area contributed by atoms with Crippen LogP contribution in [0.15, 0.2) is 24.3 Å². The highest BCUT2D eigenvalue weighted by Crippen LogP contribution is 2.10. The topological polar surface area (TPSA) is 61.8 Å². The van der Waals surface area contributed by atoms with Gasteiger partial charge < -0.3 is 14.7 Å². The number of fused-ring (bicyclic) bond motifs is 1. The highest BCUT2D eigenvalue weighted by molar-refractivity contribution is 6.67. The molecule has 1 amide bonds. The fourth-order valence-corrected chi connectivity index (χ4v) is 1.29. The molecule has 1 aromatic carbocycles. The highest BCUT2D eigenvalue weighted by atomic mass is 16.7. The molecule has 72 valence electrons. The number of nitrogens with zero attached hydrogens (tertiary/aromatic N) is 1. The molecule has 0 aromatic heterocycles. The summed E-state index contributed by atoms with van der Waals surface area (Å²) in [7, 11) is 0.491. The van der Waals surface area contributed by atoms with E-state index in [4.69, 9.17) is 0 Å². The largest absolute Gasteiger partial charge is 0.456 e. The molecule has 5 nitrogen and oxygen atoms in total. The Morgan fingerprint density at radius 2 is 2.21 bits per heavy atom. The number of carbonyl (C=O) groups excluding carboxylic acids is 1. The first-order valence-corrected chi connectivity index (χ1v) is 4.17. The highest BCUT2D eigenvalue weighted by Gasteiger charge is 2.31. The predicted molar refractivity (Wildman–Crippen MR) is 51.9 cm³/mol. The van der Waals surface area contributed by atoms with E-state index in [1.807, 2.05) is 0 Å². The molecular formula is C8H9BN2O3. The lowest BCUT2D eigenvalue weighted by Gasteiger charge is -2.14. The maximum atomic E-state index is 11.2. The number of para-hydroxylation sites is 1. The maximum Gasteiger partial charge on any atom is 0.456 e. The molecule has 0 unspecified atom stereocenters. The number of amides is 1. The lowest BCUT2D eigenvalue weighted by molar-refractivity contribution is 0.151. The minimum atomic E-state index is -0.978. The molecule has 1 aromatic rings. The van der Waals surface area contributed by atoms with Crippen molar-refractivity contribution in [2.45, 2.75) is 0 Å². The van der Waals surface area contributed by atoms with E-state index in [-0.39, 0.29) is 0 Å². The van der Waals surface area contributed by atoms with Gasteiger partial charge in [-0.25, -0.2) is 10.3 Å². The van der Waals surface area contributed by atoms with Crippen LogP contribution in [0.3, 0.4) is 0 Å². The quantitative estimate of drug-likeness (QED) is 0.558. The van der Waals surface area contributed by atoms with E-state index in [0.29, 0.717) is 11.2 Å². The standard InChI is InChI=1S/C8H9BN2O3/c1-11-8(12)14-10-7-5-3-2-4-6(7)9(11)13/h2-5,10,13H,1H3. The molecule has 0 radical (unpaired) electrons. The van der Waals surface area contributed by atoms with E-state index in [0.717, 1.165) is 4.81 Å². The van der Waals surface area contributed by atoms with Gasteiger partial charge in [-0.3, -0.25) is 0 Å². The average Bonchev–Trinajstić information content (AvgIpc) is 2.32. The molecule has 0 atom stereocenters. The van der Waals surface area contributed by atoms with Gasteiger partial charge in [0.05, 0.1) is 5.69 Å². The molecule has 0 saturated heterocycles. The third kappa shape index (κ3) is 1.29. The van der Waals surface area contributed by atoms with E-state index in [2.05, 4.69) is 10.3 Å². The van der Waals surface area contributed by atoms with Crippen molar-refractivity contribution >= 4 is 24.3 Å². The molecule has 0 saturated carbocycles. The summed E-state index contributed by atoms with van der Waals surface area (Å²) in [6.07, 6.45) is -0.617. The Labute approximate surface area is 81.4 Å². The number of nitrogens with one attached hydrogen (secondary N) is 1. The first kappa shape index (κ1) is 8.89. The summed E-state index contributed by atoms with van der Waals surface area (Å²) in [6, 6.07) is 7.03. The Morgan fingerprint density at radius 3 is 3.00 bits per heavy atom. The second kappa shape index (κ2) is 3.23. The van der Waals surface area contributed by atoms with Crippen LogP contribution in [0.2, 0.25) is 0 Å². The van der Waals surface area contributed by atoms with E-state index in [1.54, 1.807) is 24.3 Å². The summed E-state index contributed by atoms with van der Waals surface area (Å²) in [6.45, 7) is 0. The summed E-state index contributed by atoms with van der Waals surface area (Å²) in [5, 5.41) is 9.77. The van der Waals surface area contributed by atoms with Crippen molar-refractivity contribution in [1.29, 1.82) is 0 Å². The van der Waals surface area contributed by atoms with Gasteiger partial charge in [-0.1, -0.05) is 18.2 Å². The predicted octanol–water partition coefficient (Wildman–Crippen LogP) is -0.217. The molecule has 2 rings (SSSR count). The molecule has 0 spiro atoms. The molecule has 2 N–H and O–H groups in total. The van der Waals surface area contributed by atoms with Gasteiger partial charge in [0.25, 0.3) is 0 Å². The van der Waals surface area contributed by atoms with E-state index in [9.17, 15) is 9.82 Å². The van der Waals surface area contributed by atoms with Gasteiger partial charge in [0, 0.05) is 12.5 Å². The molecule has 0 aliphatic carbocycles. The SMILES string of the molecule is CN1B(O)c2ccccc2NOC1=O. The molecular weight excluding hydrogens is 183 g/mol. The number of anilines is 1. The Hall–Kier alpha value is -1.69. The third-order valence-corrected chi connectivity index (χ3v) is 2.14. The summed E-state index contributed by atoms with van der Waals surface area (Å²) in [4.78, 5) is 17.0. The zero-order valence-corrected chi connectivity index (χ0v) is 7.60. The van der Waals surface area contributed by atoms with Crippen LogP contribution in [0.25, 0.3) is 0 Å². The van der Waals surface area contributed by atoms with Crippen molar-refractivity contribution < 1.29 is 14.7 Å². The van der Waals surface area contributed by atoms with Gasteiger partial charge >= 0.3 is 13.1 Å². The van der Waals surface area contributed by atoms with E-state index >= 15 is 0 Å². The monoisotopic (exact) mass is 192 g/mol. The number of rotatable bonds is 0. The van der Waals surface area contributed by atoms with Crippen molar-refractivity contribution in [3.63, 3.8) is 0 Å². The molecule has 1 aliphatic heterocycles. The van der Waals surface area contributed by atoms with Crippen LogP contribution in [-0.4, -0.2) is 30.0 Å². The van der Waals surface area contributed by atoms with Gasteiger partial charge in [-0.05, 0) is 6.07 Å². The Balaban J connectivity index is 2.45. The van der Waals surface area contributed by atoms with Crippen LogP contribution >= 0.6 is 0 Å². The lowest BCUT2D eigenvalue weighted by atomic mass is 9.71. The number of carbonyl (C=O) groups is 1. The summed E-state index contributed by atoms with van der Waals surface area (Å²) in [5.74, 6) is 0. The third-order valence-electron chi connectivity index (χ3n) is 2.14. The molecule has 1 aliphatic rings. The molecule has 6 heteroatoms. The Morgan fingerprint density at radius 1 is 1.50 bits per heavy atom. The minimum absolute atomic E-state index is 0.595. The summed E-state index contributed by atoms with van der Waals surface area (Å²) < 4.78 is 0. The van der Waals surface area contributed by atoms with Crippen LogP contribution in [0.5, 0.6) is 0 Å². The van der Waals surface area contributed by atoms with Crippen LogP contribution < -0.4 is 10.9 Å². The van der Waals surface area contributed by atoms with Crippen molar-refractivity contribution in [3.05, 3.63) is 24.3 Å². The smallest absolute Gasteiger partial charge is 0.428 e. The van der Waals surface area contributed by atoms with Crippen molar-refractivity contribution in [1.82, 2.24) is 4.81 Å². The van der Waals surface area contributed by atoms with E-state index in [1.165, 1.54) is 7.05 Å². The molecule has 1 heterocycles. The Kier molecular flexibility index (Phi) is 2.05. The van der Waals surface area contributed by atoms with Gasteiger partial charge in [-0.15, -0.1) is 0 Å². The van der Waals surface area contributed by atoms with Crippen LogP contribution in [0.1, 0.15) is 0 Å². The fourth-order valence-electron chi connectivity index (χ4n) is 1.29. The summed E-state index contributed by atoms with van der Waals surface area (Å²) >= 11 is 0. The zero-order chi connectivity index (χ0) is 10.1.